The SMILES string of the molecule is CC1(C)c2cc3ccccc3cc2-c2cccc(-c3ccc(-c4nc(-c5ccccc5)cc(-c5cccc(-c6ccccc6)c5)n4)c4ccccc34)c21. The molecule has 53 heavy (non-hydrogen) atoms. The maximum Gasteiger partial charge on any atom is 0.161 e. The van der Waals surface area contributed by atoms with Crippen LogP contribution in [0, 0.1) is 0 Å². The average molecular weight is 677 g/mol. The molecule has 1 aromatic heterocycles. The van der Waals surface area contributed by atoms with Gasteiger partial charge in [0.2, 0.25) is 0 Å². The second-order valence-corrected chi connectivity index (χ2v) is 14.6. The zero-order valence-corrected chi connectivity index (χ0v) is 29.7. The van der Waals surface area contributed by atoms with Gasteiger partial charge in [-0.15, -0.1) is 0 Å². The highest BCUT2D eigenvalue weighted by Gasteiger charge is 2.38. The van der Waals surface area contributed by atoms with Crippen molar-refractivity contribution < 1.29 is 0 Å². The van der Waals surface area contributed by atoms with Gasteiger partial charge in [-0.05, 0) is 96.4 Å². The Kier molecular flexibility index (Phi) is 7.19. The standard InChI is InChI=1S/C51H36N2/c1-51(2)46-31-37-20-10-9-19-36(37)30-45(46)43-26-14-25-42(49(43)51)41-27-28-44(40-24-12-11-23-39(40)41)50-52-47(34-17-7-4-8-18-34)32-48(53-50)38-22-13-21-35(29-38)33-15-5-3-6-16-33/h3-32H,1-2H3. The van der Waals surface area contributed by atoms with E-state index >= 15 is 0 Å². The molecule has 0 unspecified atom stereocenters. The summed E-state index contributed by atoms with van der Waals surface area (Å²) in [5.74, 6) is 0.715. The van der Waals surface area contributed by atoms with Crippen molar-refractivity contribution >= 4 is 21.5 Å². The summed E-state index contributed by atoms with van der Waals surface area (Å²) in [5.41, 5.74) is 15.0. The van der Waals surface area contributed by atoms with Gasteiger partial charge in [0.1, 0.15) is 0 Å². The van der Waals surface area contributed by atoms with Gasteiger partial charge in [0.15, 0.2) is 5.82 Å². The largest absolute Gasteiger partial charge is 0.228 e. The molecular weight excluding hydrogens is 641 g/mol. The third kappa shape index (κ3) is 5.18. The van der Waals surface area contributed by atoms with Crippen molar-refractivity contribution in [1.29, 1.82) is 0 Å². The van der Waals surface area contributed by atoms with Crippen LogP contribution in [0.25, 0.3) is 88.8 Å². The molecule has 0 spiro atoms. The first kappa shape index (κ1) is 31.1. The molecule has 0 N–H and O–H groups in total. The molecule has 0 amide bonds. The van der Waals surface area contributed by atoms with Gasteiger partial charge in [-0.2, -0.15) is 0 Å². The second-order valence-electron chi connectivity index (χ2n) is 14.6. The zero-order valence-electron chi connectivity index (χ0n) is 29.7. The molecule has 0 saturated heterocycles. The smallest absolute Gasteiger partial charge is 0.161 e. The maximum atomic E-state index is 5.31. The lowest BCUT2D eigenvalue weighted by Gasteiger charge is -2.25. The fourth-order valence-electron chi connectivity index (χ4n) is 8.48. The normalized spacial score (nSPS) is 12.9. The molecule has 10 rings (SSSR count). The number of hydrogen-bond donors (Lipinski definition) is 0. The van der Waals surface area contributed by atoms with E-state index in [2.05, 4.69) is 190 Å². The Bertz CT molecular complexity index is 2850. The Morgan fingerprint density at radius 1 is 0.358 bits per heavy atom. The Morgan fingerprint density at radius 3 is 1.62 bits per heavy atom. The number of aromatic nitrogens is 2. The minimum Gasteiger partial charge on any atom is -0.228 e. The first-order valence-electron chi connectivity index (χ1n) is 18.3. The van der Waals surface area contributed by atoms with E-state index in [9.17, 15) is 0 Å². The van der Waals surface area contributed by atoms with Crippen molar-refractivity contribution in [3.05, 3.63) is 193 Å². The van der Waals surface area contributed by atoms with Gasteiger partial charge < -0.3 is 0 Å². The van der Waals surface area contributed by atoms with Gasteiger partial charge in [-0.1, -0.05) is 166 Å². The van der Waals surface area contributed by atoms with Gasteiger partial charge >= 0.3 is 0 Å². The lowest BCUT2D eigenvalue weighted by Crippen LogP contribution is -2.16. The minimum atomic E-state index is -0.165. The predicted octanol–water partition coefficient (Wildman–Crippen LogP) is 13.4. The summed E-state index contributed by atoms with van der Waals surface area (Å²) in [7, 11) is 0. The quantitative estimate of drug-likeness (QED) is 0.181. The fraction of sp³-hybridized carbons (Fsp3) is 0.0588. The van der Waals surface area contributed by atoms with E-state index in [-0.39, 0.29) is 5.41 Å². The maximum absolute atomic E-state index is 5.31. The molecule has 0 atom stereocenters. The molecule has 0 saturated carbocycles. The van der Waals surface area contributed by atoms with Crippen molar-refractivity contribution in [2.45, 2.75) is 19.3 Å². The van der Waals surface area contributed by atoms with Crippen LogP contribution < -0.4 is 0 Å². The van der Waals surface area contributed by atoms with E-state index < -0.39 is 0 Å². The number of nitrogens with zero attached hydrogens (tertiary/aromatic N) is 2. The minimum absolute atomic E-state index is 0.165. The number of hydrogen-bond acceptors (Lipinski definition) is 2. The van der Waals surface area contributed by atoms with E-state index in [1.54, 1.807) is 0 Å². The van der Waals surface area contributed by atoms with Crippen LogP contribution in [0.2, 0.25) is 0 Å². The number of fused-ring (bicyclic) bond motifs is 5. The molecule has 0 bridgehead atoms. The molecular formula is C51H36N2. The van der Waals surface area contributed by atoms with E-state index in [0.29, 0.717) is 5.82 Å². The molecule has 0 fully saturated rings. The van der Waals surface area contributed by atoms with Crippen LogP contribution in [0.15, 0.2) is 182 Å². The summed E-state index contributed by atoms with van der Waals surface area (Å²) in [6, 6.07) is 65.3. The second kappa shape index (κ2) is 12.3. The number of rotatable bonds is 5. The van der Waals surface area contributed by atoms with Gasteiger partial charge in [0.05, 0.1) is 11.4 Å². The summed E-state index contributed by atoms with van der Waals surface area (Å²) in [6.07, 6.45) is 0. The lowest BCUT2D eigenvalue weighted by atomic mass is 9.78. The third-order valence-corrected chi connectivity index (χ3v) is 11.1. The molecule has 8 aromatic carbocycles. The van der Waals surface area contributed by atoms with Crippen LogP contribution in [0.4, 0.5) is 0 Å². The van der Waals surface area contributed by atoms with Gasteiger partial charge in [-0.25, -0.2) is 9.97 Å². The monoisotopic (exact) mass is 676 g/mol. The molecule has 9 aromatic rings. The van der Waals surface area contributed by atoms with Crippen LogP contribution in [-0.2, 0) is 5.41 Å². The van der Waals surface area contributed by atoms with Crippen molar-refractivity contribution in [3.8, 4) is 67.3 Å². The summed E-state index contributed by atoms with van der Waals surface area (Å²) in [4.78, 5) is 10.6. The first-order valence-corrected chi connectivity index (χ1v) is 18.3. The summed E-state index contributed by atoms with van der Waals surface area (Å²) >= 11 is 0. The highest BCUT2D eigenvalue weighted by atomic mass is 14.9. The lowest BCUT2D eigenvalue weighted by molar-refractivity contribution is 0.663. The van der Waals surface area contributed by atoms with Crippen LogP contribution in [0.1, 0.15) is 25.0 Å². The van der Waals surface area contributed by atoms with E-state index in [1.807, 2.05) is 6.07 Å². The third-order valence-electron chi connectivity index (χ3n) is 11.1. The van der Waals surface area contributed by atoms with Gasteiger partial charge in [0.25, 0.3) is 0 Å². The summed E-state index contributed by atoms with van der Waals surface area (Å²) in [6.45, 7) is 4.76. The Labute approximate surface area is 310 Å². The Hall–Kier alpha value is -6.64. The van der Waals surface area contributed by atoms with Crippen LogP contribution in [0.3, 0.4) is 0 Å². The van der Waals surface area contributed by atoms with Gasteiger partial charge in [-0.3, -0.25) is 0 Å². The van der Waals surface area contributed by atoms with E-state index in [0.717, 1.165) is 39.0 Å². The average Bonchev–Trinajstić information content (AvgIpc) is 3.45. The van der Waals surface area contributed by atoms with Gasteiger partial charge in [0, 0.05) is 22.1 Å². The highest BCUT2D eigenvalue weighted by molar-refractivity contribution is 6.06. The number of benzene rings is 8. The Morgan fingerprint density at radius 2 is 0.887 bits per heavy atom. The summed E-state index contributed by atoms with van der Waals surface area (Å²) < 4.78 is 0. The van der Waals surface area contributed by atoms with Crippen molar-refractivity contribution in [2.24, 2.45) is 0 Å². The van der Waals surface area contributed by atoms with Crippen molar-refractivity contribution in [2.75, 3.05) is 0 Å². The van der Waals surface area contributed by atoms with Crippen LogP contribution in [0.5, 0.6) is 0 Å². The molecule has 0 aliphatic heterocycles. The van der Waals surface area contributed by atoms with E-state index in [1.165, 1.54) is 55.1 Å². The molecule has 0 radical (unpaired) electrons. The zero-order chi connectivity index (χ0) is 35.5. The fourth-order valence-corrected chi connectivity index (χ4v) is 8.48. The predicted molar refractivity (Wildman–Crippen MR) is 222 cm³/mol. The Balaban J connectivity index is 1.15. The van der Waals surface area contributed by atoms with Crippen LogP contribution in [-0.4, -0.2) is 9.97 Å². The van der Waals surface area contributed by atoms with Crippen molar-refractivity contribution in [3.63, 3.8) is 0 Å². The molecule has 2 nitrogen and oxygen atoms in total. The van der Waals surface area contributed by atoms with Crippen molar-refractivity contribution in [1.82, 2.24) is 9.97 Å². The first-order chi connectivity index (χ1) is 26.0. The molecule has 1 aliphatic rings. The molecule has 2 heteroatoms. The van der Waals surface area contributed by atoms with Crippen LogP contribution >= 0.6 is 0 Å². The van der Waals surface area contributed by atoms with E-state index in [4.69, 9.17) is 9.97 Å². The molecule has 250 valence electrons. The topological polar surface area (TPSA) is 25.8 Å². The summed E-state index contributed by atoms with van der Waals surface area (Å²) in [5, 5.41) is 4.89. The molecule has 1 heterocycles. The highest BCUT2D eigenvalue weighted by Crippen LogP contribution is 2.54. The molecule has 1 aliphatic carbocycles.